The number of hydrogen-bond acceptors (Lipinski definition) is 5. The van der Waals surface area contributed by atoms with Crippen molar-refractivity contribution in [1.29, 1.82) is 0 Å². The van der Waals surface area contributed by atoms with Crippen molar-refractivity contribution in [3.8, 4) is 0 Å². The van der Waals surface area contributed by atoms with Gasteiger partial charge in [-0.05, 0) is 47.0 Å². The van der Waals surface area contributed by atoms with Crippen LogP contribution in [0.4, 0.5) is 10.5 Å². The fraction of sp³-hybridized carbons (Fsp3) is 0.778. The van der Waals surface area contributed by atoms with Gasteiger partial charge in [-0.2, -0.15) is 5.10 Å². The van der Waals surface area contributed by atoms with Crippen molar-refractivity contribution in [3.63, 3.8) is 0 Å². The van der Waals surface area contributed by atoms with Gasteiger partial charge in [0, 0.05) is 39.0 Å². The number of amides is 1. The minimum absolute atomic E-state index is 0.222. The topological polar surface area (TPSA) is 68.6 Å². The molecule has 0 bridgehead atoms. The van der Waals surface area contributed by atoms with E-state index >= 15 is 0 Å². The molecule has 0 saturated carbocycles. The molecule has 1 aliphatic heterocycles. The Labute approximate surface area is 150 Å². The smallest absolute Gasteiger partial charge is 0.410 e. The van der Waals surface area contributed by atoms with E-state index in [9.17, 15) is 4.79 Å². The fourth-order valence-electron chi connectivity index (χ4n) is 2.90. The van der Waals surface area contributed by atoms with Crippen molar-refractivity contribution in [2.75, 3.05) is 32.1 Å². The van der Waals surface area contributed by atoms with E-state index in [1.807, 2.05) is 31.6 Å². The lowest BCUT2D eigenvalue weighted by molar-refractivity contribution is 0.0185. The third kappa shape index (κ3) is 6.23. The van der Waals surface area contributed by atoms with Crippen molar-refractivity contribution in [2.24, 2.45) is 0 Å². The van der Waals surface area contributed by atoms with Crippen LogP contribution < -0.4 is 5.32 Å². The number of piperidine rings is 1. The van der Waals surface area contributed by atoms with Gasteiger partial charge in [0.1, 0.15) is 5.60 Å². The molecule has 1 N–H and O–H groups in total. The Hall–Kier alpha value is -1.76. The summed E-state index contributed by atoms with van der Waals surface area (Å²) in [5.74, 6) is 0. The van der Waals surface area contributed by atoms with Gasteiger partial charge in [-0.1, -0.05) is 0 Å². The highest BCUT2D eigenvalue weighted by atomic mass is 16.6. The van der Waals surface area contributed by atoms with E-state index in [0.29, 0.717) is 25.2 Å². The Morgan fingerprint density at radius 2 is 2.08 bits per heavy atom. The lowest BCUT2D eigenvalue weighted by Crippen LogP contribution is -2.42. The molecule has 7 nitrogen and oxygen atoms in total. The fourth-order valence-corrected chi connectivity index (χ4v) is 2.90. The molecular formula is C18H32N4O3. The number of likely N-dealkylation sites (tertiary alicyclic amines) is 1. The van der Waals surface area contributed by atoms with Gasteiger partial charge in [0.25, 0.3) is 0 Å². The molecule has 1 aromatic rings. The van der Waals surface area contributed by atoms with Gasteiger partial charge < -0.3 is 19.7 Å². The minimum Gasteiger partial charge on any atom is -0.444 e. The van der Waals surface area contributed by atoms with Gasteiger partial charge in [-0.3, -0.25) is 4.68 Å². The van der Waals surface area contributed by atoms with Gasteiger partial charge in [-0.15, -0.1) is 0 Å². The third-order valence-corrected chi connectivity index (χ3v) is 4.26. The SMILES string of the molecule is COCCC(C)Nc1cnn(C2CCN(C(=O)OC(C)(C)C)CC2)c1. The minimum atomic E-state index is -0.448. The van der Waals surface area contributed by atoms with Gasteiger partial charge in [0.05, 0.1) is 17.9 Å². The zero-order valence-corrected chi connectivity index (χ0v) is 16.1. The van der Waals surface area contributed by atoms with E-state index in [2.05, 4.69) is 23.5 Å². The van der Waals surface area contributed by atoms with Crippen LogP contribution in [0, 0.1) is 0 Å². The second-order valence-electron chi connectivity index (χ2n) is 7.73. The van der Waals surface area contributed by atoms with Gasteiger partial charge in [0.2, 0.25) is 0 Å². The van der Waals surface area contributed by atoms with E-state index in [-0.39, 0.29) is 6.09 Å². The Kier molecular flexibility index (Phi) is 6.70. The second-order valence-corrected chi connectivity index (χ2v) is 7.73. The molecule has 0 radical (unpaired) electrons. The predicted octanol–water partition coefficient (Wildman–Crippen LogP) is 3.29. The summed E-state index contributed by atoms with van der Waals surface area (Å²) in [7, 11) is 1.72. The summed E-state index contributed by atoms with van der Waals surface area (Å²) in [5.41, 5.74) is 0.578. The average Bonchev–Trinajstić information content (AvgIpc) is 3.00. The van der Waals surface area contributed by atoms with Crippen molar-refractivity contribution >= 4 is 11.8 Å². The number of anilines is 1. The molecular weight excluding hydrogens is 320 g/mol. The lowest BCUT2D eigenvalue weighted by Gasteiger charge is -2.33. The van der Waals surface area contributed by atoms with Gasteiger partial charge in [-0.25, -0.2) is 4.79 Å². The molecule has 1 amide bonds. The molecule has 2 rings (SSSR count). The number of methoxy groups -OCH3 is 1. The highest BCUT2D eigenvalue weighted by molar-refractivity contribution is 5.68. The zero-order chi connectivity index (χ0) is 18.4. The van der Waals surface area contributed by atoms with Gasteiger partial charge >= 0.3 is 6.09 Å². The number of rotatable bonds is 6. The number of nitrogens with one attached hydrogen (secondary N) is 1. The van der Waals surface area contributed by atoms with Crippen LogP contribution in [0.15, 0.2) is 12.4 Å². The van der Waals surface area contributed by atoms with E-state index < -0.39 is 5.60 Å². The third-order valence-electron chi connectivity index (χ3n) is 4.26. The molecule has 1 atom stereocenters. The van der Waals surface area contributed by atoms with E-state index in [0.717, 1.165) is 31.6 Å². The highest BCUT2D eigenvalue weighted by Gasteiger charge is 2.27. The van der Waals surface area contributed by atoms with Crippen LogP contribution in [-0.2, 0) is 9.47 Å². The molecule has 0 spiro atoms. The number of ether oxygens (including phenoxy) is 2. The molecule has 1 aromatic heterocycles. The molecule has 2 heterocycles. The Bertz CT molecular complexity index is 545. The first-order valence-corrected chi connectivity index (χ1v) is 9.06. The second kappa shape index (κ2) is 8.56. The van der Waals surface area contributed by atoms with Crippen LogP contribution in [0.2, 0.25) is 0 Å². The van der Waals surface area contributed by atoms with Crippen LogP contribution >= 0.6 is 0 Å². The van der Waals surface area contributed by atoms with Crippen molar-refractivity contribution in [2.45, 2.75) is 64.6 Å². The summed E-state index contributed by atoms with van der Waals surface area (Å²) in [6.07, 6.45) is 6.43. The first-order valence-electron chi connectivity index (χ1n) is 9.06. The summed E-state index contributed by atoms with van der Waals surface area (Å²) in [6.45, 7) is 9.96. The maximum atomic E-state index is 12.1. The molecule has 1 fully saturated rings. The number of carbonyl (C=O) groups is 1. The molecule has 0 aliphatic carbocycles. The zero-order valence-electron chi connectivity index (χ0n) is 16.1. The van der Waals surface area contributed by atoms with Gasteiger partial charge in [0.15, 0.2) is 0 Å². The summed E-state index contributed by atoms with van der Waals surface area (Å²) in [5, 5.41) is 7.93. The highest BCUT2D eigenvalue weighted by Crippen LogP contribution is 2.24. The first-order chi connectivity index (χ1) is 11.8. The van der Waals surface area contributed by atoms with Crippen LogP contribution in [0.5, 0.6) is 0 Å². The maximum Gasteiger partial charge on any atom is 0.410 e. The first kappa shape index (κ1) is 19.6. The monoisotopic (exact) mass is 352 g/mol. The number of carbonyl (C=O) groups excluding carboxylic acids is 1. The maximum absolute atomic E-state index is 12.1. The molecule has 1 aliphatic rings. The molecule has 1 unspecified atom stereocenters. The number of hydrogen-bond donors (Lipinski definition) is 1. The Balaban J connectivity index is 1.82. The van der Waals surface area contributed by atoms with Crippen molar-refractivity contribution < 1.29 is 14.3 Å². The molecule has 25 heavy (non-hydrogen) atoms. The summed E-state index contributed by atoms with van der Waals surface area (Å²) in [6, 6.07) is 0.662. The van der Waals surface area contributed by atoms with E-state index in [1.54, 1.807) is 12.0 Å². The average molecular weight is 352 g/mol. The number of aromatic nitrogens is 2. The summed E-state index contributed by atoms with van der Waals surface area (Å²) in [4.78, 5) is 13.9. The van der Waals surface area contributed by atoms with Crippen LogP contribution in [-0.4, -0.2) is 59.2 Å². The number of nitrogens with zero attached hydrogens (tertiary/aromatic N) is 3. The van der Waals surface area contributed by atoms with Crippen LogP contribution in [0.3, 0.4) is 0 Å². The van der Waals surface area contributed by atoms with E-state index in [4.69, 9.17) is 9.47 Å². The predicted molar refractivity (Wildman–Crippen MR) is 97.9 cm³/mol. The van der Waals surface area contributed by atoms with Crippen LogP contribution in [0.1, 0.15) is 53.0 Å². The van der Waals surface area contributed by atoms with Crippen molar-refractivity contribution in [1.82, 2.24) is 14.7 Å². The Morgan fingerprint density at radius 1 is 1.40 bits per heavy atom. The normalized spacial score (nSPS) is 17.4. The summed E-state index contributed by atoms with van der Waals surface area (Å²) < 4.78 is 12.6. The molecule has 7 heteroatoms. The quantitative estimate of drug-likeness (QED) is 0.851. The summed E-state index contributed by atoms with van der Waals surface area (Å²) >= 11 is 0. The van der Waals surface area contributed by atoms with Crippen LogP contribution in [0.25, 0.3) is 0 Å². The van der Waals surface area contributed by atoms with Crippen molar-refractivity contribution in [3.05, 3.63) is 12.4 Å². The lowest BCUT2D eigenvalue weighted by atomic mass is 10.1. The van der Waals surface area contributed by atoms with E-state index in [1.165, 1.54) is 0 Å². The molecule has 1 saturated heterocycles. The standard InChI is InChI=1S/C18H32N4O3/c1-14(8-11-24-5)20-15-12-19-22(13-15)16-6-9-21(10-7-16)17(23)25-18(2,3)4/h12-14,16,20H,6-11H2,1-5H3. The largest absolute Gasteiger partial charge is 0.444 e. The molecule has 0 aromatic carbocycles. The molecule has 142 valence electrons. The Morgan fingerprint density at radius 3 is 2.68 bits per heavy atom.